The first kappa shape index (κ1) is 12.1. The molecule has 90 valence electrons. The van der Waals surface area contributed by atoms with Crippen LogP contribution in [-0.4, -0.2) is 33.5 Å². The van der Waals surface area contributed by atoms with Crippen LogP contribution in [0.15, 0.2) is 15.7 Å². The summed E-state index contributed by atoms with van der Waals surface area (Å²) < 4.78 is 10.2. The predicted molar refractivity (Wildman–Crippen MR) is 66.9 cm³/mol. The third-order valence-electron chi connectivity index (χ3n) is 1.90. The van der Waals surface area contributed by atoms with Gasteiger partial charge in [-0.1, -0.05) is 0 Å². The second kappa shape index (κ2) is 5.28. The van der Waals surface area contributed by atoms with Gasteiger partial charge in [-0.05, 0) is 30.2 Å². The lowest BCUT2D eigenvalue weighted by Gasteiger charge is -2.09. The Morgan fingerprint density at radius 3 is 2.82 bits per heavy atom. The van der Waals surface area contributed by atoms with Crippen molar-refractivity contribution >= 4 is 29.1 Å². The van der Waals surface area contributed by atoms with Crippen LogP contribution in [0.2, 0.25) is 0 Å². The Morgan fingerprint density at radius 2 is 2.24 bits per heavy atom. The summed E-state index contributed by atoms with van der Waals surface area (Å²) in [6.45, 7) is 1.86. The fourth-order valence-corrected chi connectivity index (χ4v) is 2.83. The molecule has 0 amide bonds. The number of nitrogens with zero attached hydrogens (tertiary/aromatic N) is 4. The molecule has 0 saturated heterocycles. The molecule has 2 aromatic heterocycles. The maximum absolute atomic E-state index is 5.29. The SMILES string of the molecule is CNc1ncnc(Sc2nc(C)ns2)c1OC. The van der Waals surface area contributed by atoms with Crippen LogP contribution in [0, 0.1) is 6.92 Å². The van der Waals surface area contributed by atoms with Crippen LogP contribution in [0.5, 0.6) is 5.75 Å². The molecule has 0 aromatic carbocycles. The van der Waals surface area contributed by atoms with Crippen molar-refractivity contribution in [2.24, 2.45) is 0 Å². The first-order chi connectivity index (χ1) is 8.24. The Balaban J connectivity index is 2.32. The van der Waals surface area contributed by atoms with Crippen molar-refractivity contribution < 1.29 is 4.74 Å². The number of nitrogens with one attached hydrogen (secondary N) is 1. The van der Waals surface area contributed by atoms with Gasteiger partial charge in [0.05, 0.1) is 7.11 Å². The Hall–Kier alpha value is -1.41. The minimum atomic E-state index is 0.618. The van der Waals surface area contributed by atoms with Crippen molar-refractivity contribution in [1.82, 2.24) is 19.3 Å². The second-order valence-electron chi connectivity index (χ2n) is 3.02. The van der Waals surface area contributed by atoms with Gasteiger partial charge in [0.15, 0.2) is 20.9 Å². The van der Waals surface area contributed by atoms with Crippen LogP contribution in [0.25, 0.3) is 0 Å². The zero-order chi connectivity index (χ0) is 12.3. The summed E-state index contributed by atoms with van der Waals surface area (Å²) in [7, 11) is 3.38. The van der Waals surface area contributed by atoms with Gasteiger partial charge >= 0.3 is 0 Å². The molecule has 2 heterocycles. The predicted octanol–water partition coefficient (Wildman–Crippen LogP) is 1.84. The quantitative estimate of drug-likeness (QED) is 0.849. The molecule has 6 nitrogen and oxygen atoms in total. The maximum Gasteiger partial charge on any atom is 0.194 e. The van der Waals surface area contributed by atoms with E-state index in [1.54, 1.807) is 14.2 Å². The van der Waals surface area contributed by atoms with Gasteiger partial charge in [0.2, 0.25) is 0 Å². The number of anilines is 1. The van der Waals surface area contributed by atoms with Gasteiger partial charge in [-0.25, -0.2) is 15.0 Å². The van der Waals surface area contributed by atoms with E-state index in [1.807, 2.05) is 6.92 Å². The second-order valence-corrected chi connectivity index (χ2v) is 5.01. The van der Waals surface area contributed by atoms with Gasteiger partial charge in [-0.2, -0.15) is 4.37 Å². The van der Waals surface area contributed by atoms with Crippen LogP contribution in [0.4, 0.5) is 5.82 Å². The van der Waals surface area contributed by atoms with E-state index < -0.39 is 0 Å². The molecule has 17 heavy (non-hydrogen) atoms. The first-order valence-electron chi connectivity index (χ1n) is 4.79. The molecule has 8 heteroatoms. The van der Waals surface area contributed by atoms with E-state index in [4.69, 9.17) is 4.74 Å². The number of hydrogen-bond acceptors (Lipinski definition) is 8. The van der Waals surface area contributed by atoms with Gasteiger partial charge in [-0.15, -0.1) is 0 Å². The molecule has 2 rings (SSSR count). The van der Waals surface area contributed by atoms with E-state index in [2.05, 4.69) is 24.6 Å². The summed E-state index contributed by atoms with van der Waals surface area (Å²) in [5.74, 6) is 2.04. The van der Waals surface area contributed by atoms with Crippen LogP contribution in [0.1, 0.15) is 5.82 Å². The molecule has 0 bridgehead atoms. The minimum absolute atomic E-state index is 0.618. The van der Waals surface area contributed by atoms with E-state index in [-0.39, 0.29) is 0 Å². The van der Waals surface area contributed by atoms with Crippen LogP contribution >= 0.6 is 23.3 Å². The Bertz CT molecular complexity index is 516. The minimum Gasteiger partial charge on any atom is -0.490 e. The number of hydrogen-bond donors (Lipinski definition) is 1. The lowest BCUT2D eigenvalue weighted by atomic mass is 10.5. The molecule has 2 aromatic rings. The summed E-state index contributed by atoms with van der Waals surface area (Å²) in [6.07, 6.45) is 1.49. The normalized spacial score (nSPS) is 10.3. The van der Waals surface area contributed by atoms with E-state index >= 15 is 0 Å². The summed E-state index contributed by atoms with van der Waals surface area (Å²) >= 11 is 2.76. The summed E-state index contributed by atoms with van der Waals surface area (Å²) in [6, 6.07) is 0. The summed E-state index contributed by atoms with van der Waals surface area (Å²) in [4.78, 5) is 12.5. The van der Waals surface area contributed by atoms with Crippen molar-refractivity contribution in [2.75, 3.05) is 19.5 Å². The standard InChI is InChI=1S/C9H11N5OS2/c1-5-13-9(17-14-5)16-8-6(15-3)7(10-2)11-4-12-8/h4H,1-3H3,(H,10,11,12). The molecular formula is C9H11N5OS2. The topological polar surface area (TPSA) is 72.8 Å². The zero-order valence-corrected chi connectivity index (χ0v) is 11.2. The maximum atomic E-state index is 5.29. The Morgan fingerprint density at radius 1 is 1.41 bits per heavy atom. The van der Waals surface area contributed by atoms with E-state index in [1.165, 1.54) is 29.6 Å². The number of rotatable bonds is 4. The van der Waals surface area contributed by atoms with Crippen molar-refractivity contribution in [3.05, 3.63) is 12.2 Å². The molecule has 0 fully saturated rings. The zero-order valence-electron chi connectivity index (χ0n) is 9.59. The highest BCUT2D eigenvalue weighted by molar-refractivity contribution is 8.01. The summed E-state index contributed by atoms with van der Waals surface area (Å²) in [5, 5.41) is 3.68. The van der Waals surface area contributed by atoms with E-state index in [0.29, 0.717) is 11.6 Å². The molecule has 0 atom stereocenters. The Kier molecular flexibility index (Phi) is 3.75. The van der Waals surface area contributed by atoms with Crippen LogP contribution in [-0.2, 0) is 0 Å². The molecule has 0 aliphatic carbocycles. The monoisotopic (exact) mass is 269 g/mol. The van der Waals surface area contributed by atoms with Crippen LogP contribution in [0.3, 0.4) is 0 Å². The fourth-order valence-electron chi connectivity index (χ4n) is 1.19. The number of aryl methyl sites for hydroxylation is 1. The molecule has 0 saturated carbocycles. The molecule has 0 unspecified atom stereocenters. The average molecular weight is 269 g/mol. The van der Waals surface area contributed by atoms with Gasteiger partial charge in [-0.3, -0.25) is 0 Å². The van der Waals surface area contributed by atoms with Gasteiger partial charge in [0.1, 0.15) is 12.2 Å². The molecule has 1 N–H and O–H groups in total. The van der Waals surface area contributed by atoms with Crippen molar-refractivity contribution in [1.29, 1.82) is 0 Å². The smallest absolute Gasteiger partial charge is 0.194 e. The highest BCUT2D eigenvalue weighted by Gasteiger charge is 2.14. The number of ether oxygens (including phenoxy) is 1. The molecule has 0 radical (unpaired) electrons. The lowest BCUT2D eigenvalue weighted by Crippen LogP contribution is -1.99. The van der Waals surface area contributed by atoms with Crippen molar-refractivity contribution in [2.45, 2.75) is 16.3 Å². The highest BCUT2D eigenvalue weighted by atomic mass is 32.2. The van der Waals surface area contributed by atoms with Crippen LogP contribution < -0.4 is 10.1 Å². The number of aromatic nitrogens is 4. The third-order valence-corrected chi connectivity index (χ3v) is 3.73. The van der Waals surface area contributed by atoms with Gasteiger partial charge in [0, 0.05) is 7.05 Å². The highest BCUT2D eigenvalue weighted by Crippen LogP contribution is 2.36. The molecular weight excluding hydrogens is 258 g/mol. The summed E-state index contributed by atoms with van der Waals surface area (Å²) in [5.41, 5.74) is 0. The molecule has 0 spiro atoms. The lowest BCUT2D eigenvalue weighted by molar-refractivity contribution is 0.400. The van der Waals surface area contributed by atoms with Crippen molar-refractivity contribution in [3.8, 4) is 5.75 Å². The van der Waals surface area contributed by atoms with Crippen molar-refractivity contribution in [3.63, 3.8) is 0 Å². The van der Waals surface area contributed by atoms with Gasteiger partial charge < -0.3 is 10.1 Å². The average Bonchev–Trinajstić information content (AvgIpc) is 2.74. The molecule has 0 aliphatic rings. The van der Waals surface area contributed by atoms with E-state index in [0.717, 1.165) is 15.2 Å². The third kappa shape index (κ3) is 2.64. The van der Waals surface area contributed by atoms with E-state index in [9.17, 15) is 0 Å². The largest absolute Gasteiger partial charge is 0.490 e. The van der Waals surface area contributed by atoms with Gasteiger partial charge in [0.25, 0.3) is 0 Å². The first-order valence-corrected chi connectivity index (χ1v) is 6.38. The number of methoxy groups -OCH3 is 1. The molecule has 0 aliphatic heterocycles. The fraction of sp³-hybridized carbons (Fsp3) is 0.333. The Labute approximate surface area is 107 Å².